The van der Waals surface area contributed by atoms with Gasteiger partial charge in [-0.05, 0) is 0 Å². The summed E-state index contributed by atoms with van der Waals surface area (Å²) in [5.74, 6) is -12.6. The summed E-state index contributed by atoms with van der Waals surface area (Å²) in [6, 6.07) is 4.06. The van der Waals surface area contributed by atoms with Gasteiger partial charge < -0.3 is 0 Å². The second-order valence-electron chi connectivity index (χ2n) is 4.78. The van der Waals surface area contributed by atoms with Crippen LogP contribution >= 0.6 is 0 Å². The molecule has 1 heterocycles. The van der Waals surface area contributed by atoms with Crippen LogP contribution in [0, 0.1) is 0 Å². The Morgan fingerprint density at radius 2 is 1.16 bits per heavy atom. The smallest absolute Gasteiger partial charge is 0.245 e. The summed E-state index contributed by atoms with van der Waals surface area (Å²) in [6.07, 6.45) is -19.8. The molecule has 144 valence electrons. The van der Waals surface area contributed by atoms with Crippen molar-refractivity contribution in [3.8, 4) is 0 Å². The molecular weight excluding hydrogens is 383 g/mol. The molecule has 0 aromatic carbocycles. The first kappa shape index (κ1) is 21.4. The molecule has 2 nitrogen and oxygen atoms in total. The third-order valence-electron chi connectivity index (χ3n) is 2.87. The van der Waals surface area contributed by atoms with Crippen LogP contribution in [0.1, 0.15) is 6.42 Å². The van der Waals surface area contributed by atoms with Gasteiger partial charge in [-0.3, -0.25) is 0 Å². The average Bonchev–Trinajstić information content (AvgIpc) is 2.43. The van der Waals surface area contributed by atoms with E-state index in [1.165, 1.54) is 18.2 Å². The maximum Gasteiger partial charge on any atom is 0.462 e. The van der Waals surface area contributed by atoms with Crippen molar-refractivity contribution >= 4 is 0 Å². The first-order valence-corrected chi connectivity index (χ1v) is 6.26. The van der Waals surface area contributed by atoms with Crippen LogP contribution in [0.5, 0.6) is 0 Å². The van der Waals surface area contributed by atoms with Crippen LogP contribution in [0.25, 0.3) is 0 Å². The topological polar surface area (TPSA) is 13.1 Å². The maximum absolute atomic E-state index is 13.4. The molecule has 0 unspecified atom stereocenters. The Bertz CT molecular complexity index is 570. The van der Waals surface area contributed by atoms with E-state index in [9.17, 15) is 48.3 Å². The fourth-order valence-electron chi connectivity index (χ4n) is 1.46. The summed E-state index contributed by atoms with van der Waals surface area (Å²) >= 11 is 0. The second kappa shape index (κ2) is 6.57. The number of aromatic nitrogens is 1. The summed E-state index contributed by atoms with van der Waals surface area (Å²) in [4.78, 5) is 0. The van der Waals surface area contributed by atoms with E-state index in [4.69, 9.17) is 0 Å². The predicted octanol–water partition coefficient (Wildman–Crippen LogP) is 4.40. The van der Waals surface area contributed by atoms with Crippen molar-refractivity contribution in [3.63, 3.8) is 0 Å². The van der Waals surface area contributed by atoms with Crippen molar-refractivity contribution in [2.45, 2.75) is 43.2 Å². The van der Waals surface area contributed by atoms with Crippen LogP contribution < -0.4 is 4.57 Å². The molecule has 0 spiro atoms. The van der Waals surface area contributed by atoms with E-state index in [1.807, 2.05) is 4.74 Å². The van der Waals surface area contributed by atoms with Gasteiger partial charge in [-0.25, -0.2) is 9.30 Å². The summed E-state index contributed by atoms with van der Waals surface area (Å²) in [6.45, 7) is -0.881. The Labute approximate surface area is 132 Å². The summed E-state index contributed by atoms with van der Waals surface area (Å²) in [5.41, 5.74) is 0. The van der Waals surface area contributed by atoms with Crippen molar-refractivity contribution in [2.24, 2.45) is 0 Å². The fourth-order valence-corrected chi connectivity index (χ4v) is 1.46. The lowest BCUT2D eigenvalue weighted by Gasteiger charge is -2.33. The van der Waals surface area contributed by atoms with Gasteiger partial charge in [-0.15, -0.1) is 0 Å². The Balaban J connectivity index is 2.94. The van der Waals surface area contributed by atoms with Gasteiger partial charge in [0.1, 0.15) is 0 Å². The van der Waals surface area contributed by atoms with E-state index in [0.717, 1.165) is 17.0 Å². The van der Waals surface area contributed by atoms with Crippen LogP contribution in [0.2, 0.25) is 0 Å². The standard InChI is InChI=1S/C12H9F11NO/c13-8(14,4-7-24-5-2-1-3-6-24)11(20,21)25-12(22,23)9(15,16)10(17,18)19/h1-3,5-6H,4,7H2/q+1. The summed E-state index contributed by atoms with van der Waals surface area (Å²) < 4.78 is 142. The molecular formula is C12H9F11NO+. The number of hydrogen-bond donors (Lipinski definition) is 0. The lowest BCUT2D eigenvalue weighted by Crippen LogP contribution is -2.59. The van der Waals surface area contributed by atoms with Crippen molar-refractivity contribution in [1.29, 1.82) is 0 Å². The Morgan fingerprint density at radius 3 is 1.60 bits per heavy atom. The van der Waals surface area contributed by atoms with Crippen LogP contribution in [0.15, 0.2) is 30.6 Å². The molecule has 1 aromatic rings. The minimum absolute atomic E-state index is 0.881. The average molecular weight is 392 g/mol. The molecule has 1 aromatic heterocycles. The Morgan fingerprint density at radius 1 is 0.680 bits per heavy atom. The summed E-state index contributed by atoms with van der Waals surface area (Å²) in [5, 5.41) is 0. The molecule has 0 saturated heterocycles. The van der Waals surface area contributed by atoms with Gasteiger partial charge >= 0.3 is 30.2 Å². The molecule has 0 aliphatic carbocycles. The van der Waals surface area contributed by atoms with Crippen molar-refractivity contribution in [3.05, 3.63) is 30.6 Å². The van der Waals surface area contributed by atoms with Gasteiger partial charge in [0, 0.05) is 12.1 Å². The highest BCUT2D eigenvalue weighted by Gasteiger charge is 2.78. The molecule has 1 rings (SSSR count). The van der Waals surface area contributed by atoms with E-state index in [0.29, 0.717) is 0 Å². The zero-order chi connectivity index (χ0) is 19.7. The number of nitrogens with zero attached hydrogens (tertiary/aromatic N) is 1. The van der Waals surface area contributed by atoms with Crippen LogP contribution in [-0.4, -0.2) is 30.2 Å². The molecule has 0 N–H and O–H groups in total. The first-order chi connectivity index (χ1) is 11.0. The lowest BCUT2D eigenvalue weighted by molar-refractivity contribution is -0.700. The molecule has 25 heavy (non-hydrogen) atoms. The zero-order valence-electron chi connectivity index (χ0n) is 11.8. The lowest BCUT2D eigenvalue weighted by atomic mass is 10.2. The quantitative estimate of drug-likeness (QED) is 0.495. The fraction of sp³-hybridized carbons (Fsp3) is 0.583. The molecule has 0 radical (unpaired) electrons. The van der Waals surface area contributed by atoms with Crippen molar-refractivity contribution < 1.29 is 57.6 Å². The Kier molecular flexibility index (Phi) is 5.62. The number of aryl methyl sites for hydroxylation is 1. The van der Waals surface area contributed by atoms with Gasteiger partial charge in [0.05, 0.1) is 6.42 Å². The zero-order valence-corrected chi connectivity index (χ0v) is 11.8. The van der Waals surface area contributed by atoms with Crippen LogP contribution in [0.3, 0.4) is 0 Å². The highest BCUT2D eigenvalue weighted by molar-refractivity contribution is 4.88. The largest absolute Gasteiger partial charge is 0.462 e. The number of pyridine rings is 1. The minimum Gasteiger partial charge on any atom is -0.245 e. The van der Waals surface area contributed by atoms with Gasteiger partial charge in [0.2, 0.25) is 0 Å². The van der Waals surface area contributed by atoms with Gasteiger partial charge in [0.25, 0.3) is 0 Å². The third-order valence-corrected chi connectivity index (χ3v) is 2.87. The number of rotatable bonds is 7. The third kappa shape index (κ3) is 4.50. The molecule has 0 atom stereocenters. The number of alkyl halides is 11. The minimum atomic E-state index is -7.10. The van der Waals surface area contributed by atoms with Crippen LogP contribution in [0.4, 0.5) is 48.3 Å². The molecule has 0 aliphatic heterocycles. The van der Waals surface area contributed by atoms with E-state index < -0.39 is 43.2 Å². The molecule has 0 fully saturated rings. The van der Waals surface area contributed by atoms with E-state index in [-0.39, 0.29) is 0 Å². The van der Waals surface area contributed by atoms with Gasteiger partial charge in [-0.2, -0.15) is 48.3 Å². The monoisotopic (exact) mass is 392 g/mol. The number of hydrogen-bond acceptors (Lipinski definition) is 1. The molecule has 13 heteroatoms. The molecule has 0 saturated carbocycles. The second-order valence-corrected chi connectivity index (χ2v) is 4.78. The SMILES string of the molecule is FC(F)(F)C(F)(F)C(F)(F)OC(F)(F)C(F)(F)CC[n+]1ccccc1. The van der Waals surface area contributed by atoms with E-state index in [1.54, 1.807) is 0 Å². The Hall–Kier alpha value is -1.66. The van der Waals surface area contributed by atoms with Gasteiger partial charge in [-0.1, -0.05) is 6.07 Å². The van der Waals surface area contributed by atoms with Crippen molar-refractivity contribution in [1.82, 2.24) is 0 Å². The highest BCUT2D eigenvalue weighted by Crippen LogP contribution is 2.51. The molecule has 0 aliphatic rings. The number of ether oxygens (including phenoxy) is 1. The normalized spacial score (nSPS) is 14.7. The molecule has 0 bridgehead atoms. The predicted molar refractivity (Wildman–Crippen MR) is 58.2 cm³/mol. The van der Waals surface area contributed by atoms with Crippen LogP contribution in [-0.2, 0) is 11.3 Å². The molecule has 0 amide bonds. The van der Waals surface area contributed by atoms with E-state index in [2.05, 4.69) is 0 Å². The van der Waals surface area contributed by atoms with Crippen molar-refractivity contribution in [2.75, 3.05) is 0 Å². The van der Waals surface area contributed by atoms with Gasteiger partial charge in [0.15, 0.2) is 18.9 Å². The van der Waals surface area contributed by atoms with E-state index >= 15 is 0 Å². The summed E-state index contributed by atoms with van der Waals surface area (Å²) in [7, 11) is 0. The number of halogens is 11. The highest BCUT2D eigenvalue weighted by atomic mass is 19.4. The maximum atomic E-state index is 13.4. The first-order valence-electron chi connectivity index (χ1n) is 6.26.